The third-order valence-electron chi connectivity index (χ3n) is 1.29. The van der Waals surface area contributed by atoms with Crippen LogP contribution in [0, 0.1) is 0 Å². The summed E-state index contributed by atoms with van der Waals surface area (Å²) < 4.78 is 0. The lowest BCUT2D eigenvalue weighted by molar-refractivity contribution is -0.140. The lowest BCUT2D eigenvalue weighted by Crippen LogP contribution is -2.34. The van der Waals surface area contributed by atoms with Gasteiger partial charge in [-0.2, -0.15) is 13.5 Å². The fraction of sp³-hybridized carbons (Fsp3) is 0.667. The predicted molar refractivity (Wildman–Crippen MR) is 47.7 cm³/mol. The molecule has 0 saturated carbocycles. The van der Waals surface area contributed by atoms with E-state index in [4.69, 9.17) is 10.2 Å². The number of carbonyl (C=O) groups is 2. The van der Waals surface area contributed by atoms with Crippen molar-refractivity contribution in [1.29, 1.82) is 0 Å². The van der Waals surface area contributed by atoms with Crippen LogP contribution in [0.1, 0.15) is 12.8 Å². The Labute approximate surface area is 77.2 Å². The Hall–Kier alpha value is -0.750. The van der Waals surface area contributed by atoms with E-state index in [0.717, 1.165) is 0 Å². The van der Waals surface area contributed by atoms with Crippen LogP contribution in [0.5, 0.6) is 0 Å². The summed E-state index contributed by atoms with van der Waals surface area (Å²) >= 11 is 0. The van der Waals surface area contributed by atoms with Gasteiger partial charge < -0.3 is 15.5 Å². The van der Waals surface area contributed by atoms with E-state index < -0.39 is 18.0 Å². The molecule has 1 atom stereocenters. The summed E-state index contributed by atoms with van der Waals surface area (Å²) in [6, 6.07) is -0.758. The predicted octanol–water partition coefficient (Wildman–Crippen LogP) is -0.363. The molecule has 0 radical (unpaired) electrons. The molecular weight excluding hydrogens is 182 g/mol. The number of likely N-dealkylation sites (N-methyl/N-ethyl adjacent to an activating group) is 1. The lowest BCUT2D eigenvalue weighted by Gasteiger charge is -2.07. The highest BCUT2D eigenvalue weighted by atomic mass is 32.1. The summed E-state index contributed by atoms with van der Waals surface area (Å²) in [5.74, 6) is -2.00. The molecule has 0 rings (SSSR count). The van der Waals surface area contributed by atoms with Gasteiger partial charge in [-0.15, -0.1) is 0 Å². The van der Waals surface area contributed by atoms with E-state index in [1.807, 2.05) is 0 Å². The van der Waals surface area contributed by atoms with Gasteiger partial charge in [-0.05, 0) is 13.5 Å². The largest absolute Gasteiger partial charge is 0.481 e. The zero-order chi connectivity index (χ0) is 8.85. The Bertz CT molecular complexity index is 162. The second-order valence-electron chi connectivity index (χ2n) is 2.11. The number of rotatable bonds is 5. The summed E-state index contributed by atoms with van der Waals surface area (Å²) in [7, 11) is 1.49. The summed E-state index contributed by atoms with van der Waals surface area (Å²) in [6.45, 7) is 0. The molecule has 0 fully saturated rings. The average Bonchev–Trinajstić information content (AvgIpc) is 1.87. The molecule has 6 heteroatoms. The van der Waals surface area contributed by atoms with Gasteiger partial charge in [0.2, 0.25) is 0 Å². The molecule has 3 N–H and O–H groups in total. The van der Waals surface area contributed by atoms with Gasteiger partial charge in [-0.25, -0.2) is 0 Å². The van der Waals surface area contributed by atoms with Crippen molar-refractivity contribution < 1.29 is 19.8 Å². The maximum atomic E-state index is 10.3. The van der Waals surface area contributed by atoms with Crippen LogP contribution < -0.4 is 5.32 Å². The van der Waals surface area contributed by atoms with Gasteiger partial charge in [0.1, 0.15) is 6.04 Å². The van der Waals surface area contributed by atoms with Crippen molar-refractivity contribution in [2.75, 3.05) is 7.05 Å². The van der Waals surface area contributed by atoms with E-state index in [2.05, 4.69) is 5.32 Å². The Morgan fingerprint density at radius 2 is 1.92 bits per heavy atom. The van der Waals surface area contributed by atoms with Gasteiger partial charge in [0.25, 0.3) is 0 Å². The number of nitrogens with one attached hydrogen (secondary N) is 1. The second-order valence-corrected chi connectivity index (χ2v) is 2.11. The Kier molecular flexibility index (Phi) is 7.98. The fourth-order valence-corrected chi connectivity index (χ4v) is 0.659. The summed E-state index contributed by atoms with van der Waals surface area (Å²) in [5, 5.41) is 19.1. The van der Waals surface area contributed by atoms with Gasteiger partial charge in [-0.3, -0.25) is 9.59 Å². The van der Waals surface area contributed by atoms with Crippen LogP contribution in [0.25, 0.3) is 0 Å². The first-order valence-corrected chi connectivity index (χ1v) is 3.19. The smallest absolute Gasteiger partial charge is 0.320 e. The van der Waals surface area contributed by atoms with Gasteiger partial charge in [0.15, 0.2) is 0 Å². The van der Waals surface area contributed by atoms with E-state index in [-0.39, 0.29) is 26.3 Å². The number of hydrogen-bond donors (Lipinski definition) is 3. The number of aliphatic carboxylic acids is 2. The number of carboxylic acids is 2. The maximum absolute atomic E-state index is 10.3. The SMILES string of the molecule is CN[C@@H](CCC(=O)O)C(=O)O.S. The van der Waals surface area contributed by atoms with E-state index in [1.165, 1.54) is 7.05 Å². The first-order valence-electron chi connectivity index (χ1n) is 3.19. The van der Waals surface area contributed by atoms with Crippen molar-refractivity contribution in [3.05, 3.63) is 0 Å². The van der Waals surface area contributed by atoms with Crippen LogP contribution >= 0.6 is 13.5 Å². The topological polar surface area (TPSA) is 86.6 Å². The number of carboxylic acid groups (broad SMARTS) is 2. The molecule has 0 amide bonds. The Balaban J connectivity index is 0. The molecule has 0 aromatic rings. The molecule has 0 saturated heterocycles. The van der Waals surface area contributed by atoms with Crippen molar-refractivity contribution in [2.45, 2.75) is 18.9 Å². The molecule has 0 spiro atoms. The van der Waals surface area contributed by atoms with Gasteiger partial charge in [-0.1, -0.05) is 0 Å². The standard InChI is InChI=1S/C6H11NO4.H2S/c1-7-4(6(10)11)2-3-5(8)9;/h4,7H,2-3H2,1H3,(H,8,9)(H,10,11);1H2/t4-;/m0./s1. The Morgan fingerprint density at radius 1 is 1.42 bits per heavy atom. The lowest BCUT2D eigenvalue weighted by atomic mass is 10.1. The summed E-state index contributed by atoms with van der Waals surface area (Å²) in [4.78, 5) is 20.3. The van der Waals surface area contributed by atoms with Crippen LogP contribution in [-0.2, 0) is 9.59 Å². The molecule has 0 aromatic heterocycles. The van der Waals surface area contributed by atoms with Crippen molar-refractivity contribution in [3.63, 3.8) is 0 Å². The van der Waals surface area contributed by atoms with Gasteiger partial charge in [0.05, 0.1) is 0 Å². The third-order valence-corrected chi connectivity index (χ3v) is 1.29. The van der Waals surface area contributed by atoms with Crippen molar-refractivity contribution in [1.82, 2.24) is 5.32 Å². The molecule has 5 nitrogen and oxygen atoms in total. The van der Waals surface area contributed by atoms with Crippen molar-refractivity contribution in [3.8, 4) is 0 Å². The first-order chi connectivity index (χ1) is 5.07. The van der Waals surface area contributed by atoms with Crippen LogP contribution in [0.4, 0.5) is 0 Å². The zero-order valence-electron chi connectivity index (χ0n) is 6.70. The molecule has 0 aliphatic rings. The highest BCUT2D eigenvalue weighted by Gasteiger charge is 2.15. The average molecular weight is 195 g/mol. The van der Waals surface area contributed by atoms with Crippen LogP contribution in [-0.4, -0.2) is 35.2 Å². The molecule has 0 bridgehead atoms. The van der Waals surface area contributed by atoms with Gasteiger partial charge in [0, 0.05) is 6.42 Å². The van der Waals surface area contributed by atoms with Gasteiger partial charge >= 0.3 is 11.9 Å². The third kappa shape index (κ3) is 5.99. The minimum absolute atomic E-state index is 0. The molecule has 72 valence electrons. The van der Waals surface area contributed by atoms with Crippen molar-refractivity contribution >= 4 is 25.4 Å². The molecule has 12 heavy (non-hydrogen) atoms. The molecule has 0 aliphatic heterocycles. The van der Waals surface area contributed by atoms with Crippen LogP contribution in [0.2, 0.25) is 0 Å². The van der Waals surface area contributed by atoms with Crippen LogP contribution in [0.3, 0.4) is 0 Å². The maximum Gasteiger partial charge on any atom is 0.320 e. The van der Waals surface area contributed by atoms with Crippen molar-refractivity contribution in [2.24, 2.45) is 0 Å². The zero-order valence-corrected chi connectivity index (χ0v) is 7.70. The molecular formula is C6H13NO4S. The first kappa shape index (κ1) is 13.8. The molecule has 0 aromatic carbocycles. The fourth-order valence-electron chi connectivity index (χ4n) is 0.659. The molecule has 0 heterocycles. The van der Waals surface area contributed by atoms with E-state index >= 15 is 0 Å². The molecule has 0 aliphatic carbocycles. The molecule has 0 unspecified atom stereocenters. The van der Waals surface area contributed by atoms with E-state index in [9.17, 15) is 9.59 Å². The monoisotopic (exact) mass is 195 g/mol. The highest BCUT2D eigenvalue weighted by Crippen LogP contribution is 1.96. The number of hydrogen-bond acceptors (Lipinski definition) is 3. The highest BCUT2D eigenvalue weighted by molar-refractivity contribution is 7.59. The van der Waals surface area contributed by atoms with E-state index in [1.54, 1.807) is 0 Å². The van der Waals surface area contributed by atoms with Crippen LogP contribution in [0.15, 0.2) is 0 Å². The second kappa shape index (κ2) is 6.93. The minimum Gasteiger partial charge on any atom is -0.481 e. The Morgan fingerprint density at radius 3 is 2.17 bits per heavy atom. The summed E-state index contributed by atoms with van der Waals surface area (Å²) in [5.41, 5.74) is 0. The van der Waals surface area contributed by atoms with E-state index in [0.29, 0.717) is 0 Å². The summed E-state index contributed by atoms with van der Waals surface area (Å²) in [6.07, 6.45) is -0.0149. The normalized spacial score (nSPS) is 11.4. The quantitative estimate of drug-likeness (QED) is 0.557. The minimum atomic E-state index is -1.02.